The minimum Gasteiger partial charge on any atom is -0.324 e. The third kappa shape index (κ3) is 3.46. The molecule has 2 N–H and O–H groups in total. The highest BCUT2D eigenvalue weighted by atomic mass is 79.9. The van der Waals surface area contributed by atoms with Crippen molar-refractivity contribution in [2.45, 2.75) is 44.6 Å². The molecule has 1 aliphatic carbocycles. The normalized spacial score (nSPS) is 19.9. The quantitative estimate of drug-likeness (QED) is 0.757. The molecule has 0 aromatic heterocycles. The molecular formula is C14H19BrClN. The molecule has 1 aromatic rings. The van der Waals surface area contributed by atoms with Gasteiger partial charge in [-0.2, -0.15) is 0 Å². The van der Waals surface area contributed by atoms with Crippen molar-refractivity contribution in [3.05, 3.63) is 33.3 Å². The van der Waals surface area contributed by atoms with E-state index in [1.807, 2.05) is 12.1 Å². The maximum absolute atomic E-state index is 6.39. The summed E-state index contributed by atoms with van der Waals surface area (Å²) >= 11 is 9.70. The first-order valence-corrected chi connectivity index (χ1v) is 7.56. The van der Waals surface area contributed by atoms with Crippen molar-refractivity contribution in [2.24, 2.45) is 11.7 Å². The zero-order chi connectivity index (χ0) is 12.3. The molecule has 1 nitrogen and oxygen atoms in total. The molecule has 3 heteroatoms. The molecule has 0 bridgehead atoms. The van der Waals surface area contributed by atoms with Crippen LogP contribution in [0.15, 0.2) is 22.7 Å². The summed E-state index contributed by atoms with van der Waals surface area (Å²) in [6.45, 7) is 0. The number of nitrogens with two attached hydrogens (primary N) is 1. The summed E-state index contributed by atoms with van der Waals surface area (Å²) in [5, 5.41) is 0.788. The van der Waals surface area contributed by atoms with Crippen LogP contribution in [0.2, 0.25) is 5.02 Å². The predicted octanol–water partition coefficient (Wildman–Crippen LogP) is 5.07. The van der Waals surface area contributed by atoms with E-state index in [1.54, 1.807) is 0 Å². The number of hydrogen-bond donors (Lipinski definition) is 1. The van der Waals surface area contributed by atoms with Crippen LogP contribution in [-0.4, -0.2) is 0 Å². The molecule has 0 amide bonds. The second-order valence-corrected chi connectivity index (χ2v) is 6.27. The lowest BCUT2D eigenvalue weighted by Gasteiger charge is -2.23. The molecule has 0 aliphatic heterocycles. The minimum absolute atomic E-state index is 0.0914. The van der Waals surface area contributed by atoms with Gasteiger partial charge in [0.25, 0.3) is 0 Å². The largest absolute Gasteiger partial charge is 0.324 e. The Morgan fingerprint density at radius 2 is 1.82 bits per heavy atom. The maximum atomic E-state index is 6.39. The highest BCUT2D eigenvalue weighted by molar-refractivity contribution is 9.10. The number of halogens is 2. The van der Waals surface area contributed by atoms with E-state index < -0.39 is 0 Å². The van der Waals surface area contributed by atoms with Crippen molar-refractivity contribution in [3.8, 4) is 0 Å². The van der Waals surface area contributed by atoms with Crippen LogP contribution < -0.4 is 5.73 Å². The smallest absolute Gasteiger partial charge is 0.0465 e. The number of rotatable bonds is 2. The van der Waals surface area contributed by atoms with E-state index in [-0.39, 0.29) is 6.04 Å². The molecule has 1 aliphatic rings. The van der Waals surface area contributed by atoms with Crippen molar-refractivity contribution >= 4 is 27.5 Å². The summed E-state index contributed by atoms with van der Waals surface area (Å²) in [7, 11) is 0. The van der Waals surface area contributed by atoms with Gasteiger partial charge in [-0.3, -0.25) is 0 Å². The Kier molecular flexibility index (Phi) is 4.89. The Hall–Kier alpha value is -0.0500. The van der Waals surface area contributed by atoms with Crippen LogP contribution in [0.3, 0.4) is 0 Å². The Morgan fingerprint density at radius 3 is 2.41 bits per heavy atom. The van der Waals surface area contributed by atoms with E-state index in [9.17, 15) is 0 Å². The van der Waals surface area contributed by atoms with Crippen LogP contribution in [0.1, 0.15) is 50.1 Å². The molecule has 1 atom stereocenters. The summed E-state index contributed by atoms with van der Waals surface area (Å²) < 4.78 is 1.01. The predicted molar refractivity (Wildman–Crippen MR) is 77.3 cm³/mol. The third-order valence-electron chi connectivity index (χ3n) is 3.73. The fourth-order valence-electron chi connectivity index (χ4n) is 2.70. The van der Waals surface area contributed by atoms with Crippen molar-refractivity contribution in [1.29, 1.82) is 0 Å². The first-order valence-electron chi connectivity index (χ1n) is 6.39. The second-order valence-electron chi connectivity index (χ2n) is 4.94. The van der Waals surface area contributed by atoms with Crippen LogP contribution in [0, 0.1) is 5.92 Å². The molecule has 1 fully saturated rings. The van der Waals surface area contributed by atoms with Gasteiger partial charge in [-0.05, 0) is 36.5 Å². The van der Waals surface area contributed by atoms with Gasteiger partial charge in [0.2, 0.25) is 0 Å². The van der Waals surface area contributed by atoms with Crippen LogP contribution in [0.25, 0.3) is 0 Å². The van der Waals surface area contributed by atoms with Gasteiger partial charge in [0.05, 0.1) is 0 Å². The first-order chi connectivity index (χ1) is 8.18. The van der Waals surface area contributed by atoms with Crippen molar-refractivity contribution < 1.29 is 0 Å². The van der Waals surface area contributed by atoms with Gasteiger partial charge in [-0.25, -0.2) is 0 Å². The fourth-order valence-corrected chi connectivity index (χ4v) is 3.50. The maximum Gasteiger partial charge on any atom is 0.0465 e. The Labute approximate surface area is 117 Å². The molecule has 1 unspecified atom stereocenters. The van der Waals surface area contributed by atoms with E-state index in [0.29, 0.717) is 5.92 Å². The van der Waals surface area contributed by atoms with Gasteiger partial charge in [0.15, 0.2) is 0 Å². The number of benzene rings is 1. The molecule has 0 spiro atoms. The van der Waals surface area contributed by atoms with Crippen molar-refractivity contribution in [2.75, 3.05) is 0 Å². The van der Waals surface area contributed by atoms with Gasteiger partial charge in [0.1, 0.15) is 0 Å². The summed E-state index contributed by atoms with van der Waals surface area (Å²) in [5.74, 6) is 0.594. The zero-order valence-corrected chi connectivity index (χ0v) is 12.3. The van der Waals surface area contributed by atoms with E-state index in [0.717, 1.165) is 15.1 Å². The van der Waals surface area contributed by atoms with Crippen LogP contribution in [-0.2, 0) is 0 Å². The molecule has 1 aromatic carbocycles. The molecule has 0 radical (unpaired) electrons. The van der Waals surface area contributed by atoms with Crippen LogP contribution >= 0.6 is 27.5 Å². The highest BCUT2D eigenvalue weighted by Gasteiger charge is 2.22. The average Bonchev–Trinajstić information content (AvgIpc) is 2.56. The molecule has 1 saturated carbocycles. The minimum atomic E-state index is 0.0914. The first kappa shape index (κ1) is 13.4. The lowest BCUT2D eigenvalue weighted by molar-refractivity contribution is 0.382. The zero-order valence-electron chi connectivity index (χ0n) is 9.96. The summed E-state index contributed by atoms with van der Waals surface area (Å²) in [4.78, 5) is 0. The van der Waals surface area contributed by atoms with E-state index >= 15 is 0 Å². The van der Waals surface area contributed by atoms with Crippen LogP contribution in [0.4, 0.5) is 0 Å². The van der Waals surface area contributed by atoms with Crippen molar-refractivity contribution in [3.63, 3.8) is 0 Å². The fraction of sp³-hybridized carbons (Fsp3) is 0.571. The van der Waals surface area contributed by atoms with Gasteiger partial charge < -0.3 is 5.73 Å². The molecule has 0 saturated heterocycles. The van der Waals surface area contributed by atoms with Crippen molar-refractivity contribution in [1.82, 2.24) is 0 Å². The van der Waals surface area contributed by atoms with E-state index in [2.05, 4.69) is 22.0 Å². The van der Waals surface area contributed by atoms with Gasteiger partial charge >= 0.3 is 0 Å². The standard InChI is InChI=1S/C14H19BrClN/c15-11-7-8-12(13(16)9-11)14(17)10-5-3-1-2-4-6-10/h7-10,14H,1-6,17H2. The summed E-state index contributed by atoms with van der Waals surface area (Å²) in [6.07, 6.45) is 7.83. The van der Waals surface area contributed by atoms with E-state index in [1.165, 1.54) is 38.5 Å². The lowest BCUT2D eigenvalue weighted by atomic mass is 9.88. The topological polar surface area (TPSA) is 26.0 Å². The highest BCUT2D eigenvalue weighted by Crippen LogP contribution is 2.35. The average molecular weight is 317 g/mol. The molecular weight excluding hydrogens is 298 g/mol. The van der Waals surface area contributed by atoms with Gasteiger partial charge in [0, 0.05) is 15.5 Å². The molecule has 2 rings (SSSR count). The SMILES string of the molecule is NC(c1ccc(Br)cc1Cl)C1CCCCCC1. The second kappa shape index (κ2) is 6.21. The molecule has 17 heavy (non-hydrogen) atoms. The lowest BCUT2D eigenvalue weighted by Crippen LogP contribution is -2.21. The van der Waals surface area contributed by atoms with E-state index in [4.69, 9.17) is 17.3 Å². The summed E-state index contributed by atoms with van der Waals surface area (Å²) in [6, 6.07) is 6.11. The number of hydrogen-bond acceptors (Lipinski definition) is 1. The molecule has 94 valence electrons. The van der Waals surface area contributed by atoms with Gasteiger partial charge in [-0.15, -0.1) is 0 Å². The Bertz CT molecular complexity index is 372. The summed E-state index contributed by atoms with van der Waals surface area (Å²) in [5.41, 5.74) is 7.49. The third-order valence-corrected chi connectivity index (χ3v) is 4.55. The van der Waals surface area contributed by atoms with Crippen LogP contribution in [0.5, 0.6) is 0 Å². The monoisotopic (exact) mass is 315 g/mol. The Balaban J connectivity index is 2.14. The Morgan fingerprint density at radius 1 is 1.18 bits per heavy atom. The van der Waals surface area contributed by atoms with Gasteiger partial charge in [-0.1, -0.05) is 59.3 Å². The molecule has 0 heterocycles.